The highest BCUT2D eigenvalue weighted by atomic mass is 35.5. The number of anilines is 2. The molecule has 3 N–H and O–H groups in total. The van der Waals surface area contributed by atoms with E-state index in [9.17, 15) is 18.0 Å². The summed E-state index contributed by atoms with van der Waals surface area (Å²) in [6, 6.07) is 13.3. The van der Waals surface area contributed by atoms with Crippen LogP contribution in [0.1, 0.15) is 17.0 Å². The average Bonchev–Trinajstić information content (AvgIpc) is 3.26. The van der Waals surface area contributed by atoms with Gasteiger partial charge in [-0.05, 0) is 54.6 Å². The van der Waals surface area contributed by atoms with Crippen LogP contribution in [0.3, 0.4) is 0 Å². The van der Waals surface area contributed by atoms with Gasteiger partial charge in [0.25, 0.3) is 15.9 Å². The Bertz CT molecular complexity index is 1180. The number of benzene rings is 2. The van der Waals surface area contributed by atoms with Crippen molar-refractivity contribution in [3.05, 3.63) is 76.7 Å². The van der Waals surface area contributed by atoms with Gasteiger partial charge in [-0.3, -0.25) is 14.3 Å². The first-order valence-corrected chi connectivity index (χ1v) is 11.2. The van der Waals surface area contributed by atoms with Gasteiger partial charge in [-0.25, -0.2) is 8.42 Å². The molecule has 0 radical (unpaired) electrons. The number of halogens is 2. The van der Waals surface area contributed by atoms with Gasteiger partial charge in [0.15, 0.2) is 5.76 Å². The van der Waals surface area contributed by atoms with E-state index in [2.05, 4.69) is 15.4 Å². The van der Waals surface area contributed by atoms with E-state index in [0.717, 1.165) is 0 Å². The summed E-state index contributed by atoms with van der Waals surface area (Å²) in [5, 5.41) is 5.58. The van der Waals surface area contributed by atoms with E-state index in [4.69, 9.17) is 27.6 Å². The fraction of sp³-hybridized carbons (Fsp3) is 0.100. The number of furan rings is 1. The minimum Gasteiger partial charge on any atom is -0.459 e. The van der Waals surface area contributed by atoms with Crippen molar-refractivity contribution >= 4 is 56.4 Å². The molecule has 31 heavy (non-hydrogen) atoms. The zero-order valence-corrected chi connectivity index (χ0v) is 18.2. The predicted octanol–water partition coefficient (Wildman–Crippen LogP) is 4.15. The van der Waals surface area contributed by atoms with Crippen molar-refractivity contribution in [3.8, 4) is 0 Å². The lowest BCUT2D eigenvalue weighted by Gasteiger charge is -2.12. The third-order valence-corrected chi connectivity index (χ3v) is 6.10. The maximum Gasteiger partial charge on any atom is 0.286 e. The summed E-state index contributed by atoms with van der Waals surface area (Å²) in [7, 11) is -4.01. The molecule has 2 aromatic carbocycles. The van der Waals surface area contributed by atoms with Crippen LogP contribution in [-0.4, -0.2) is 26.8 Å². The Hall–Kier alpha value is -3.01. The molecule has 3 rings (SSSR count). The SMILES string of the molecule is O=C(CCNC(=O)c1ccco1)Nc1ccc(Cl)c(S(=O)(=O)Nc2ccc(Cl)cc2)c1. The molecule has 0 aliphatic rings. The maximum absolute atomic E-state index is 12.7. The van der Waals surface area contributed by atoms with Crippen LogP contribution in [0, 0.1) is 0 Å². The summed E-state index contributed by atoms with van der Waals surface area (Å²) >= 11 is 11.9. The number of carbonyl (C=O) groups is 2. The summed E-state index contributed by atoms with van der Waals surface area (Å²) in [5.74, 6) is -0.719. The van der Waals surface area contributed by atoms with Crippen LogP contribution in [0.4, 0.5) is 11.4 Å². The van der Waals surface area contributed by atoms with Crippen molar-refractivity contribution in [1.29, 1.82) is 0 Å². The minimum atomic E-state index is -4.01. The van der Waals surface area contributed by atoms with Crippen molar-refractivity contribution in [2.45, 2.75) is 11.3 Å². The van der Waals surface area contributed by atoms with Gasteiger partial charge >= 0.3 is 0 Å². The van der Waals surface area contributed by atoms with Gasteiger partial charge in [0.05, 0.1) is 11.3 Å². The van der Waals surface area contributed by atoms with Crippen molar-refractivity contribution in [2.75, 3.05) is 16.6 Å². The van der Waals surface area contributed by atoms with E-state index in [-0.39, 0.29) is 34.3 Å². The second kappa shape index (κ2) is 9.86. The lowest BCUT2D eigenvalue weighted by Crippen LogP contribution is -2.27. The van der Waals surface area contributed by atoms with Crippen LogP contribution in [-0.2, 0) is 14.8 Å². The molecular weight excluding hydrogens is 465 g/mol. The van der Waals surface area contributed by atoms with Gasteiger partial charge in [0.1, 0.15) is 4.90 Å². The van der Waals surface area contributed by atoms with Crippen molar-refractivity contribution in [2.24, 2.45) is 0 Å². The van der Waals surface area contributed by atoms with Gasteiger partial charge in [0.2, 0.25) is 5.91 Å². The van der Waals surface area contributed by atoms with E-state index in [0.29, 0.717) is 10.7 Å². The number of hydrogen-bond acceptors (Lipinski definition) is 5. The molecule has 8 nitrogen and oxygen atoms in total. The molecule has 0 bridgehead atoms. The standard InChI is InChI=1S/C20H17Cl2N3O5S/c21-13-3-5-14(6-4-13)25-31(28,29)18-12-15(7-8-16(18)22)24-19(26)9-10-23-20(27)17-2-1-11-30-17/h1-8,11-12,25H,9-10H2,(H,23,27)(H,24,26). The number of rotatable bonds is 8. The summed E-state index contributed by atoms with van der Waals surface area (Å²) in [6.45, 7) is 0.0717. The normalized spacial score (nSPS) is 11.0. The first-order chi connectivity index (χ1) is 14.7. The lowest BCUT2D eigenvalue weighted by molar-refractivity contribution is -0.116. The molecule has 0 spiro atoms. The Morgan fingerprint density at radius 1 is 0.968 bits per heavy atom. The third-order valence-electron chi connectivity index (χ3n) is 3.98. The number of nitrogens with one attached hydrogen (secondary N) is 3. The van der Waals surface area contributed by atoms with Crippen molar-refractivity contribution < 1.29 is 22.4 Å². The average molecular weight is 482 g/mol. The zero-order valence-electron chi connectivity index (χ0n) is 15.9. The molecule has 0 aliphatic heterocycles. The Morgan fingerprint density at radius 3 is 2.35 bits per heavy atom. The highest BCUT2D eigenvalue weighted by Crippen LogP contribution is 2.27. The van der Waals surface area contributed by atoms with Crippen LogP contribution in [0.5, 0.6) is 0 Å². The Morgan fingerprint density at radius 2 is 1.68 bits per heavy atom. The molecule has 0 atom stereocenters. The maximum atomic E-state index is 12.7. The minimum absolute atomic E-state index is 0.00910. The topological polar surface area (TPSA) is 118 Å². The molecular formula is C20H17Cl2N3O5S. The number of carbonyl (C=O) groups excluding carboxylic acids is 2. The molecule has 0 saturated heterocycles. The fourth-order valence-corrected chi connectivity index (χ4v) is 4.23. The highest BCUT2D eigenvalue weighted by Gasteiger charge is 2.19. The summed E-state index contributed by atoms with van der Waals surface area (Å²) in [4.78, 5) is 23.7. The second-order valence-corrected chi connectivity index (χ2v) is 8.78. The largest absolute Gasteiger partial charge is 0.459 e. The quantitative estimate of drug-likeness (QED) is 0.446. The number of amides is 2. The van der Waals surface area contributed by atoms with E-state index >= 15 is 0 Å². The zero-order chi connectivity index (χ0) is 22.4. The van der Waals surface area contributed by atoms with Crippen LogP contribution < -0.4 is 15.4 Å². The first kappa shape index (κ1) is 22.7. The van der Waals surface area contributed by atoms with Crippen LogP contribution in [0.15, 0.2) is 70.2 Å². The van der Waals surface area contributed by atoms with E-state index < -0.39 is 21.8 Å². The second-order valence-electron chi connectivity index (χ2n) is 6.29. The van der Waals surface area contributed by atoms with Crippen molar-refractivity contribution in [1.82, 2.24) is 5.32 Å². The van der Waals surface area contributed by atoms with Gasteiger partial charge in [-0.2, -0.15) is 0 Å². The predicted molar refractivity (Wildman–Crippen MR) is 118 cm³/mol. The lowest BCUT2D eigenvalue weighted by atomic mass is 10.3. The van der Waals surface area contributed by atoms with Gasteiger partial charge < -0.3 is 15.1 Å². The van der Waals surface area contributed by atoms with Crippen LogP contribution in [0.25, 0.3) is 0 Å². The summed E-state index contributed by atoms with van der Waals surface area (Å²) < 4.78 is 32.8. The Balaban J connectivity index is 1.62. The molecule has 3 aromatic rings. The van der Waals surface area contributed by atoms with Gasteiger partial charge in [-0.1, -0.05) is 23.2 Å². The molecule has 0 fully saturated rings. The van der Waals surface area contributed by atoms with E-state index in [1.807, 2.05) is 0 Å². The molecule has 0 unspecified atom stereocenters. The Kier molecular flexibility index (Phi) is 7.21. The number of sulfonamides is 1. The smallest absolute Gasteiger partial charge is 0.286 e. The van der Waals surface area contributed by atoms with Gasteiger partial charge in [0, 0.05) is 29.4 Å². The number of hydrogen-bond donors (Lipinski definition) is 3. The summed E-state index contributed by atoms with van der Waals surface area (Å²) in [5.41, 5.74) is 0.547. The fourth-order valence-electron chi connectivity index (χ4n) is 2.52. The van der Waals surface area contributed by atoms with Crippen molar-refractivity contribution in [3.63, 3.8) is 0 Å². The monoisotopic (exact) mass is 481 g/mol. The highest BCUT2D eigenvalue weighted by molar-refractivity contribution is 7.92. The Labute approximate surface area is 188 Å². The molecule has 1 heterocycles. The molecule has 11 heteroatoms. The molecule has 0 aliphatic carbocycles. The van der Waals surface area contributed by atoms with E-state index in [1.54, 1.807) is 18.2 Å². The third kappa shape index (κ3) is 6.24. The van der Waals surface area contributed by atoms with E-state index in [1.165, 1.54) is 42.7 Å². The molecule has 1 aromatic heterocycles. The molecule has 2 amide bonds. The van der Waals surface area contributed by atoms with Crippen LogP contribution >= 0.6 is 23.2 Å². The first-order valence-electron chi connectivity index (χ1n) is 8.94. The molecule has 162 valence electrons. The molecule has 0 saturated carbocycles. The summed E-state index contributed by atoms with van der Waals surface area (Å²) in [6.07, 6.45) is 1.34. The van der Waals surface area contributed by atoms with Crippen LogP contribution in [0.2, 0.25) is 10.0 Å². The van der Waals surface area contributed by atoms with Gasteiger partial charge in [-0.15, -0.1) is 0 Å².